The van der Waals surface area contributed by atoms with E-state index in [1.165, 1.54) is 0 Å². The van der Waals surface area contributed by atoms with E-state index in [2.05, 4.69) is 39.9 Å². The fourth-order valence-electron chi connectivity index (χ4n) is 1.88. The molecule has 0 aliphatic heterocycles. The number of benzene rings is 1. The molecule has 0 radical (unpaired) electrons. The van der Waals surface area contributed by atoms with Gasteiger partial charge in [0.2, 0.25) is 0 Å². The topological polar surface area (TPSA) is 56.7 Å². The zero-order chi connectivity index (χ0) is 13.3. The molecule has 18 heavy (non-hydrogen) atoms. The lowest BCUT2D eigenvalue weighted by Crippen LogP contribution is -1.98. The molecular formula is C13H17BrN4. The summed E-state index contributed by atoms with van der Waals surface area (Å²) in [4.78, 5) is 4.58. The fourth-order valence-corrected chi connectivity index (χ4v) is 2.39. The molecule has 2 N–H and O–H groups in total. The van der Waals surface area contributed by atoms with Crippen molar-refractivity contribution in [2.45, 2.75) is 20.3 Å². The zero-order valence-corrected chi connectivity index (χ0v) is 12.4. The van der Waals surface area contributed by atoms with Crippen LogP contribution in [-0.4, -0.2) is 14.8 Å². The van der Waals surface area contributed by atoms with Crippen molar-refractivity contribution in [3.05, 3.63) is 28.5 Å². The van der Waals surface area contributed by atoms with Gasteiger partial charge in [0.1, 0.15) is 0 Å². The molecule has 2 aromatic rings. The van der Waals surface area contributed by atoms with Crippen molar-refractivity contribution < 1.29 is 0 Å². The molecule has 1 heterocycles. The van der Waals surface area contributed by atoms with E-state index in [4.69, 9.17) is 5.73 Å². The van der Waals surface area contributed by atoms with E-state index in [0.717, 1.165) is 28.1 Å². The van der Waals surface area contributed by atoms with Gasteiger partial charge in [-0.25, -0.2) is 9.67 Å². The van der Waals surface area contributed by atoms with Gasteiger partial charge in [-0.3, -0.25) is 0 Å². The van der Waals surface area contributed by atoms with Crippen LogP contribution in [0.3, 0.4) is 0 Å². The maximum Gasteiger partial charge on any atom is 0.158 e. The summed E-state index contributed by atoms with van der Waals surface area (Å²) in [5.41, 5.74) is 7.54. The predicted octanol–water partition coefficient (Wildman–Crippen LogP) is 3.03. The summed E-state index contributed by atoms with van der Waals surface area (Å²) >= 11 is 3.44. The Morgan fingerprint density at radius 1 is 1.33 bits per heavy atom. The Labute approximate surface area is 115 Å². The Morgan fingerprint density at radius 2 is 2.06 bits per heavy atom. The first-order chi connectivity index (χ1) is 8.45. The van der Waals surface area contributed by atoms with Crippen LogP contribution >= 0.6 is 15.9 Å². The van der Waals surface area contributed by atoms with Gasteiger partial charge in [0, 0.05) is 29.2 Å². The number of nitrogen functional groups attached to an aromatic ring is 1. The summed E-state index contributed by atoms with van der Waals surface area (Å²) in [6.45, 7) is 4.32. The first kappa shape index (κ1) is 13.1. The molecule has 2 rings (SSSR count). The van der Waals surface area contributed by atoms with E-state index in [-0.39, 0.29) is 0 Å². The largest absolute Gasteiger partial charge is 0.399 e. The molecule has 0 saturated heterocycles. The smallest absolute Gasteiger partial charge is 0.158 e. The number of aromatic nitrogens is 3. The molecule has 1 aromatic carbocycles. The Morgan fingerprint density at radius 3 is 2.67 bits per heavy atom. The van der Waals surface area contributed by atoms with Crippen molar-refractivity contribution >= 4 is 21.6 Å². The molecule has 96 valence electrons. The molecule has 0 atom stereocenters. The Hall–Kier alpha value is -1.36. The summed E-state index contributed by atoms with van der Waals surface area (Å²) in [6, 6.07) is 5.78. The van der Waals surface area contributed by atoms with Gasteiger partial charge >= 0.3 is 0 Å². The van der Waals surface area contributed by atoms with Crippen molar-refractivity contribution in [2.24, 2.45) is 13.0 Å². The van der Waals surface area contributed by atoms with E-state index in [1.54, 1.807) is 4.68 Å². The molecule has 0 aliphatic rings. The van der Waals surface area contributed by atoms with E-state index >= 15 is 0 Å². The molecular weight excluding hydrogens is 292 g/mol. The number of nitrogens with zero attached hydrogens (tertiary/aromatic N) is 3. The van der Waals surface area contributed by atoms with E-state index in [1.807, 2.05) is 25.2 Å². The second-order valence-electron chi connectivity index (χ2n) is 4.85. The van der Waals surface area contributed by atoms with Crippen LogP contribution in [0.25, 0.3) is 11.4 Å². The van der Waals surface area contributed by atoms with E-state index in [0.29, 0.717) is 11.6 Å². The zero-order valence-electron chi connectivity index (χ0n) is 10.8. The summed E-state index contributed by atoms with van der Waals surface area (Å²) in [7, 11) is 1.91. The molecule has 0 fully saturated rings. The van der Waals surface area contributed by atoms with Gasteiger partial charge in [-0.2, -0.15) is 5.10 Å². The van der Waals surface area contributed by atoms with Crippen LogP contribution in [0.1, 0.15) is 19.7 Å². The molecule has 0 aliphatic carbocycles. The lowest BCUT2D eigenvalue weighted by atomic mass is 10.1. The van der Waals surface area contributed by atoms with Crippen molar-refractivity contribution in [1.29, 1.82) is 0 Å². The average Bonchev–Trinajstić information content (AvgIpc) is 2.56. The van der Waals surface area contributed by atoms with Crippen LogP contribution in [0.5, 0.6) is 0 Å². The Balaban J connectivity index is 2.41. The predicted molar refractivity (Wildman–Crippen MR) is 77.1 cm³/mol. The highest BCUT2D eigenvalue weighted by molar-refractivity contribution is 9.10. The summed E-state index contributed by atoms with van der Waals surface area (Å²) in [5.74, 6) is 2.27. The van der Waals surface area contributed by atoms with Gasteiger partial charge < -0.3 is 5.73 Å². The van der Waals surface area contributed by atoms with Crippen molar-refractivity contribution in [1.82, 2.24) is 14.8 Å². The van der Waals surface area contributed by atoms with Crippen molar-refractivity contribution in [3.63, 3.8) is 0 Å². The molecule has 0 saturated carbocycles. The lowest BCUT2D eigenvalue weighted by molar-refractivity contribution is 0.613. The summed E-state index contributed by atoms with van der Waals surface area (Å²) in [6.07, 6.45) is 0.886. The summed E-state index contributed by atoms with van der Waals surface area (Å²) < 4.78 is 2.75. The Kier molecular flexibility index (Phi) is 3.71. The standard InChI is InChI=1S/C13H17BrN4/c1-8(2)4-12-16-13(18(3)17-12)9-5-10(14)7-11(15)6-9/h5-8H,4,15H2,1-3H3. The quantitative estimate of drug-likeness (QED) is 0.887. The average molecular weight is 309 g/mol. The number of rotatable bonds is 3. The normalized spacial score (nSPS) is 11.2. The van der Waals surface area contributed by atoms with Crippen molar-refractivity contribution in [2.75, 3.05) is 5.73 Å². The monoisotopic (exact) mass is 308 g/mol. The minimum absolute atomic E-state index is 0.549. The van der Waals surface area contributed by atoms with E-state index in [9.17, 15) is 0 Å². The summed E-state index contributed by atoms with van der Waals surface area (Å²) in [5, 5.41) is 4.44. The molecule has 0 unspecified atom stereocenters. The number of hydrogen-bond donors (Lipinski definition) is 1. The molecule has 0 bridgehead atoms. The SMILES string of the molecule is CC(C)Cc1nc(-c2cc(N)cc(Br)c2)n(C)n1. The van der Waals surface area contributed by atoms with Crippen LogP contribution in [0, 0.1) is 5.92 Å². The minimum atomic E-state index is 0.549. The second kappa shape index (κ2) is 5.10. The lowest BCUT2D eigenvalue weighted by Gasteiger charge is -2.02. The molecule has 0 amide bonds. The second-order valence-corrected chi connectivity index (χ2v) is 5.76. The molecule has 0 spiro atoms. The first-order valence-corrected chi connectivity index (χ1v) is 6.71. The molecule has 1 aromatic heterocycles. The highest BCUT2D eigenvalue weighted by Crippen LogP contribution is 2.25. The van der Waals surface area contributed by atoms with Gasteiger partial charge in [-0.15, -0.1) is 0 Å². The van der Waals surface area contributed by atoms with Crippen molar-refractivity contribution in [3.8, 4) is 11.4 Å². The fraction of sp³-hybridized carbons (Fsp3) is 0.385. The number of nitrogens with two attached hydrogens (primary N) is 1. The third-order valence-corrected chi connectivity index (χ3v) is 3.03. The van der Waals surface area contributed by atoms with E-state index < -0.39 is 0 Å². The van der Waals surface area contributed by atoms with Crippen LogP contribution in [0.4, 0.5) is 5.69 Å². The number of anilines is 1. The highest BCUT2D eigenvalue weighted by atomic mass is 79.9. The van der Waals surface area contributed by atoms with Crippen LogP contribution in [-0.2, 0) is 13.5 Å². The highest BCUT2D eigenvalue weighted by Gasteiger charge is 2.11. The Bertz CT molecular complexity index is 540. The maximum atomic E-state index is 5.85. The third kappa shape index (κ3) is 2.90. The van der Waals surface area contributed by atoms with Crippen LogP contribution in [0.15, 0.2) is 22.7 Å². The maximum absolute atomic E-state index is 5.85. The van der Waals surface area contributed by atoms with Gasteiger partial charge in [0.25, 0.3) is 0 Å². The number of hydrogen-bond acceptors (Lipinski definition) is 3. The van der Waals surface area contributed by atoms with Crippen LogP contribution in [0.2, 0.25) is 0 Å². The molecule has 4 nitrogen and oxygen atoms in total. The van der Waals surface area contributed by atoms with Gasteiger partial charge in [-0.05, 0) is 24.1 Å². The number of halogens is 1. The van der Waals surface area contributed by atoms with Crippen LogP contribution < -0.4 is 5.73 Å². The first-order valence-electron chi connectivity index (χ1n) is 5.92. The van der Waals surface area contributed by atoms with Gasteiger partial charge in [0.15, 0.2) is 11.6 Å². The third-order valence-electron chi connectivity index (χ3n) is 2.58. The minimum Gasteiger partial charge on any atom is -0.399 e. The van der Waals surface area contributed by atoms with Gasteiger partial charge in [0.05, 0.1) is 0 Å². The number of aryl methyl sites for hydroxylation is 1. The molecule has 5 heteroatoms. The van der Waals surface area contributed by atoms with Gasteiger partial charge in [-0.1, -0.05) is 29.8 Å².